The van der Waals surface area contributed by atoms with Gasteiger partial charge in [0.05, 0.1) is 22.0 Å². The molecular formula is C47H33N2OP. The van der Waals surface area contributed by atoms with E-state index < -0.39 is 7.14 Å². The summed E-state index contributed by atoms with van der Waals surface area (Å²) in [6.07, 6.45) is 0.761. The second-order valence-electron chi connectivity index (χ2n) is 13.4. The van der Waals surface area contributed by atoms with E-state index in [2.05, 4.69) is 139 Å². The molecule has 8 aromatic carbocycles. The molecule has 0 bridgehead atoms. The highest BCUT2D eigenvalue weighted by Gasteiger charge is 2.41. The number of aromatic nitrogens is 2. The fraction of sp³-hybridized carbons (Fsp3) is 0.0426. The summed E-state index contributed by atoms with van der Waals surface area (Å²) in [7, 11) is -3.36. The molecule has 0 saturated carbocycles. The fourth-order valence-corrected chi connectivity index (χ4v) is 11.3. The van der Waals surface area contributed by atoms with Crippen LogP contribution in [0.1, 0.15) is 12.7 Å². The van der Waals surface area contributed by atoms with Gasteiger partial charge in [-0.25, -0.2) is 4.98 Å². The summed E-state index contributed by atoms with van der Waals surface area (Å²) >= 11 is 0. The quantitative estimate of drug-likeness (QED) is 0.171. The zero-order valence-corrected chi connectivity index (χ0v) is 29.0. The molecule has 1 aromatic heterocycles. The van der Waals surface area contributed by atoms with E-state index in [0.29, 0.717) is 0 Å². The van der Waals surface area contributed by atoms with Gasteiger partial charge in [-0.05, 0) is 103 Å². The Balaban J connectivity index is 1.31. The van der Waals surface area contributed by atoms with Crippen LogP contribution in [-0.4, -0.2) is 9.55 Å². The number of benzene rings is 8. The Labute approximate surface area is 296 Å². The zero-order chi connectivity index (χ0) is 34.1. The van der Waals surface area contributed by atoms with Crippen molar-refractivity contribution in [3.63, 3.8) is 0 Å². The van der Waals surface area contributed by atoms with E-state index in [-0.39, 0.29) is 0 Å². The second-order valence-corrected chi connectivity index (χ2v) is 16.1. The lowest BCUT2D eigenvalue weighted by Crippen LogP contribution is -2.34. The molecule has 9 aromatic rings. The van der Waals surface area contributed by atoms with Gasteiger partial charge in [0.25, 0.3) is 0 Å². The van der Waals surface area contributed by atoms with Crippen molar-refractivity contribution in [2.45, 2.75) is 13.3 Å². The topological polar surface area (TPSA) is 34.9 Å². The van der Waals surface area contributed by atoms with E-state index in [9.17, 15) is 0 Å². The molecule has 4 heteroatoms. The molecule has 51 heavy (non-hydrogen) atoms. The van der Waals surface area contributed by atoms with Crippen LogP contribution in [0.3, 0.4) is 0 Å². The van der Waals surface area contributed by atoms with Crippen LogP contribution in [0.2, 0.25) is 0 Å². The van der Waals surface area contributed by atoms with E-state index in [1.165, 1.54) is 21.5 Å². The third kappa shape index (κ3) is 4.59. The molecule has 2 heterocycles. The molecule has 0 fully saturated rings. The highest BCUT2D eigenvalue weighted by Crippen LogP contribution is 2.52. The number of hydrogen-bond donors (Lipinski definition) is 0. The Kier molecular flexibility index (Phi) is 6.74. The third-order valence-electron chi connectivity index (χ3n) is 10.5. The molecule has 0 saturated heterocycles. The average Bonchev–Trinajstić information content (AvgIpc) is 3.59. The van der Waals surface area contributed by atoms with Gasteiger partial charge in [0, 0.05) is 17.0 Å². The Morgan fingerprint density at radius 2 is 1.10 bits per heavy atom. The fourth-order valence-electron chi connectivity index (χ4n) is 8.05. The van der Waals surface area contributed by atoms with Crippen molar-refractivity contribution in [3.05, 3.63) is 176 Å². The molecule has 242 valence electrons. The molecule has 0 radical (unpaired) electrons. The summed E-state index contributed by atoms with van der Waals surface area (Å²) in [4.78, 5) is 5.13. The van der Waals surface area contributed by atoms with E-state index in [1.807, 2.05) is 42.5 Å². The van der Waals surface area contributed by atoms with Crippen molar-refractivity contribution in [2.24, 2.45) is 0 Å². The van der Waals surface area contributed by atoms with Gasteiger partial charge in [0.1, 0.15) is 5.82 Å². The molecule has 1 unspecified atom stereocenters. The number of hydrogen-bond acceptors (Lipinski definition) is 2. The van der Waals surface area contributed by atoms with Crippen LogP contribution >= 0.6 is 7.14 Å². The number of aryl methyl sites for hydroxylation is 1. The predicted octanol–water partition coefficient (Wildman–Crippen LogP) is 10.8. The zero-order valence-electron chi connectivity index (χ0n) is 28.1. The summed E-state index contributed by atoms with van der Waals surface area (Å²) in [6, 6.07) is 59.8. The first kappa shape index (κ1) is 29.9. The summed E-state index contributed by atoms with van der Waals surface area (Å²) < 4.78 is 18.6. The lowest BCUT2D eigenvalue weighted by molar-refractivity contribution is 0.592. The standard InChI is InChI=1S/C47H33N2OP/c1-2-45-48-42-25-24-41(47-46(42)49(45)43-18-10-11-19-44(43)51(47,50)40-16-4-3-5-17-40)39-29-37(35-22-20-31-12-6-8-14-33(31)26-35)28-38(30-39)36-23-21-32-13-7-9-15-34(32)27-36/h3-30H,2H2,1H3. The molecule has 1 aliphatic rings. The summed E-state index contributed by atoms with van der Waals surface area (Å²) in [5.41, 5.74) is 9.28. The Morgan fingerprint density at radius 3 is 1.75 bits per heavy atom. The summed E-state index contributed by atoms with van der Waals surface area (Å²) in [5, 5.41) is 7.37. The van der Waals surface area contributed by atoms with E-state index >= 15 is 4.57 Å². The van der Waals surface area contributed by atoms with Crippen molar-refractivity contribution in [1.82, 2.24) is 9.55 Å². The molecular weight excluding hydrogens is 640 g/mol. The van der Waals surface area contributed by atoms with Crippen LogP contribution in [0.5, 0.6) is 0 Å². The first-order valence-corrected chi connectivity index (χ1v) is 19.3. The largest absolute Gasteiger partial charge is 0.308 e. The smallest absolute Gasteiger partial charge is 0.175 e. The van der Waals surface area contributed by atoms with Crippen LogP contribution in [0.4, 0.5) is 0 Å². The molecule has 3 nitrogen and oxygen atoms in total. The number of rotatable bonds is 5. The van der Waals surface area contributed by atoms with Gasteiger partial charge < -0.3 is 4.57 Å². The van der Waals surface area contributed by atoms with E-state index in [1.54, 1.807) is 0 Å². The predicted molar refractivity (Wildman–Crippen MR) is 215 cm³/mol. The average molecular weight is 673 g/mol. The van der Waals surface area contributed by atoms with Gasteiger partial charge in [-0.1, -0.05) is 128 Å². The molecule has 10 rings (SSSR count). The van der Waals surface area contributed by atoms with Gasteiger partial charge >= 0.3 is 0 Å². The van der Waals surface area contributed by atoms with Crippen LogP contribution < -0.4 is 15.9 Å². The maximum absolute atomic E-state index is 16.3. The van der Waals surface area contributed by atoms with Crippen molar-refractivity contribution in [3.8, 4) is 39.1 Å². The first-order chi connectivity index (χ1) is 25.1. The van der Waals surface area contributed by atoms with E-state index in [4.69, 9.17) is 4.98 Å². The lowest BCUT2D eigenvalue weighted by atomic mass is 9.91. The highest BCUT2D eigenvalue weighted by molar-refractivity contribution is 7.86. The van der Waals surface area contributed by atoms with Crippen LogP contribution in [0.25, 0.3) is 71.6 Å². The molecule has 0 N–H and O–H groups in total. The molecule has 1 aliphatic heterocycles. The van der Waals surface area contributed by atoms with Gasteiger partial charge in [-0.3, -0.25) is 4.57 Å². The third-order valence-corrected chi connectivity index (χ3v) is 13.6. The molecule has 1 atom stereocenters. The van der Waals surface area contributed by atoms with Crippen LogP contribution in [0.15, 0.2) is 170 Å². The van der Waals surface area contributed by atoms with Crippen molar-refractivity contribution in [2.75, 3.05) is 0 Å². The normalized spacial score (nSPS) is 15.0. The Hall–Kier alpha value is -6.02. The van der Waals surface area contributed by atoms with Gasteiger partial charge in [0.15, 0.2) is 7.14 Å². The second kappa shape index (κ2) is 11.5. The Morgan fingerprint density at radius 1 is 0.529 bits per heavy atom. The summed E-state index contributed by atoms with van der Waals surface area (Å²) in [5.74, 6) is 0.969. The van der Waals surface area contributed by atoms with Crippen LogP contribution in [0, 0.1) is 0 Å². The maximum Gasteiger partial charge on any atom is 0.175 e. The monoisotopic (exact) mass is 672 g/mol. The minimum absolute atomic E-state index is 0.761. The minimum Gasteiger partial charge on any atom is -0.308 e. The SMILES string of the molecule is CCc1nc2ccc(-c3cc(-c4ccc5ccccc5c4)cc(-c4ccc5ccccc5c4)c3)c3c2n1-c1ccccc1P3(=O)c1ccccc1. The molecule has 0 amide bonds. The first-order valence-electron chi connectivity index (χ1n) is 17.5. The number of imidazole rings is 1. The van der Waals surface area contributed by atoms with Crippen molar-refractivity contribution >= 4 is 55.6 Å². The molecule has 0 aliphatic carbocycles. The van der Waals surface area contributed by atoms with Gasteiger partial charge in [0.2, 0.25) is 0 Å². The van der Waals surface area contributed by atoms with Crippen molar-refractivity contribution in [1.29, 1.82) is 0 Å². The number of nitrogens with zero attached hydrogens (tertiary/aromatic N) is 2. The van der Waals surface area contributed by atoms with Crippen LogP contribution in [-0.2, 0) is 11.0 Å². The molecule has 0 spiro atoms. The minimum atomic E-state index is -3.36. The highest BCUT2D eigenvalue weighted by atomic mass is 31.2. The van der Waals surface area contributed by atoms with Gasteiger partial charge in [-0.15, -0.1) is 0 Å². The lowest BCUT2D eigenvalue weighted by Gasteiger charge is -2.31. The summed E-state index contributed by atoms with van der Waals surface area (Å²) in [6.45, 7) is 2.14. The Bertz CT molecular complexity index is 2790. The number of para-hydroxylation sites is 1. The van der Waals surface area contributed by atoms with E-state index in [0.717, 1.165) is 78.3 Å². The maximum atomic E-state index is 16.3. The van der Waals surface area contributed by atoms with Crippen molar-refractivity contribution < 1.29 is 4.57 Å². The number of fused-ring (bicyclic) bond motifs is 4. The van der Waals surface area contributed by atoms with Gasteiger partial charge in [-0.2, -0.15) is 0 Å².